The van der Waals surface area contributed by atoms with E-state index >= 15 is 0 Å². The predicted molar refractivity (Wildman–Crippen MR) is 102 cm³/mol. The monoisotopic (exact) mass is 416 g/mol. The van der Waals surface area contributed by atoms with Crippen LogP contribution in [0, 0.1) is 28.1 Å². The molecule has 126 valence electrons. The van der Waals surface area contributed by atoms with Crippen LogP contribution in [0.4, 0.5) is 0 Å². The molecule has 0 aromatic heterocycles. The molecule has 1 nitrogen and oxygen atoms in total. The van der Waals surface area contributed by atoms with Crippen molar-refractivity contribution < 1.29 is 5.11 Å². The van der Waals surface area contributed by atoms with Gasteiger partial charge in [0.25, 0.3) is 0 Å². The van der Waals surface area contributed by atoms with Crippen molar-refractivity contribution >= 4 is 22.6 Å². The lowest BCUT2D eigenvalue weighted by Crippen LogP contribution is -2.32. The lowest BCUT2D eigenvalue weighted by Gasteiger charge is -2.41. The first-order chi connectivity index (χ1) is 10.2. The van der Waals surface area contributed by atoms with Crippen LogP contribution in [0.25, 0.3) is 0 Å². The van der Waals surface area contributed by atoms with E-state index in [0.717, 1.165) is 12.8 Å². The van der Waals surface area contributed by atoms with Crippen LogP contribution in [-0.2, 0) is 0 Å². The van der Waals surface area contributed by atoms with E-state index in [9.17, 15) is 5.11 Å². The summed E-state index contributed by atoms with van der Waals surface area (Å²) in [5, 5.41) is 10.5. The number of hydrogen-bond acceptors (Lipinski definition) is 1. The van der Waals surface area contributed by atoms with E-state index in [-0.39, 0.29) is 6.10 Å². The first-order valence-electron chi connectivity index (χ1n) is 9.21. The molecule has 3 aliphatic carbocycles. The van der Waals surface area contributed by atoms with Gasteiger partial charge in [-0.15, -0.1) is 0 Å². The summed E-state index contributed by atoms with van der Waals surface area (Å²) in [4.78, 5) is 0. The Morgan fingerprint density at radius 3 is 2.45 bits per heavy atom. The highest BCUT2D eigenvalue weighted by atomic mass is 127. The van der Waals surface area contributed by atoms with Gasteiger partial charge in [0.1, 0.15) is 0 Å². The van der Waals surface area contributed by atoms with Crippen molar-refractivity contribution in [1.82, 2.24) is 0 Å². The average molecular weight is 416 g/mol. The number of halogens is 1. The lowest BCUT2D eigenvalue weighted by molar-refractivity contribution is 0.0686. The molecule has 2 saturated carbocycles. The van der Waals surface area contributed by atoms with Crippen LogP contribution in [0.15, 0.2) is 9.66 Å². The van der Waals surface area contributed by atoms with Crippen molar-refractivity contribution in [2.24, 2.45) is 28.1 Å². The summed E-state index contributed by atoms with van der Waals surface area (Å²) < 4.78 is 1.64. The van der Waals surface area contributed by atoms with E-state index in [4.69, 9.17) is 0 Å². The largest absolute Gasteiger partial charge is 0.393 e. The first kappa shape index (κ1) is 17.3. The standard InChI is InChI=1S/C20H33IO/c1-18(2)9-7-14-11-17(21)20(13-19(20,3)4)8-5-6-16(22)10-15(14)12-18/h11,14-16,22H,5-10,12-13H2,1-4H3/b17-11+/t14-,15+,16?,20?/m0/s1. The first-order valence-corrected chi connectivity index (χ1v) is 10.3. The lowest BCUT2D eigenvalue weighted by atomic mass is 9.65. The Kier molecular flexibility index (Phi) is 4.51. The van der Waals surface area contributed by atoms with E-state index in [1.165, 1.54) is 38.5 Å². The summed E-state index contributed by atoms with van der Waals surface area (Å²) in [5.74, 6) is 1.38. The minimum absolute atomic E-state index is 0.0792. The maximum atomic E-state index is 10.5. The Morgan fingerprint density at radius 1 is 1.14 bits per heavy atom. The van der Waals surface area contributed by atoms with Crippen molar-refractivity contribution in [2.45, 2.75) is 85.2 Å². The molecule has 4 atom stereocenters. The van der Waals surface area contributed by atoms with Gasteiger partial charge < -0.3 is 5.11 Å². The van der Waals surface area contributed by atoms with E-state index in [2.05, 4.69) is 56.4 Å². The molecule has 0 aromatic carbocycles. The van der Waals surface area contributed by atoms with Gasteiger partial charge in [0.05, 0.1) is 6.10 Å². The maximum absolute atomic E-state index is 10.5. The number of aliphatic hydroxyl groups excluding tert-OH is 1. The molecule has 2 heteroatoms. The topological polar surface area (TPSA) is 20.2 Å². The molecule has 3 rings (SSSR count). The van der Waals surface area contributed by atoms with Gasteiger partial charge in [-0.1, -0.05) is 33.8 Å². The van der Waals surface area contributed by atoms with Gasteiger partial charge in [-0.2, -0.15) is 0 Å². The van der Waals surface area contributed by atoms with Crippen molar-refractivity contribution in [3.63, 3.8) is 0 Å². The van der Waals surface area contributed by atoms with E-state index in [1.54, 1.807) is 3.58 Å². The summed E-state index contributed by atoms with van der Waals surface area (Å²) in [6.45, 7) is 9.69. The van der Waals surface area contributed by atoms with Crippen LogP contribution in [0.2, 0.25) is 0 Å². The van der Waals surface area contributed by atoms with Crippen LogP contribution in [0.5, 0.6) is 0 Å². The van der Waals surface area contributed by atoms with Crippen LogP contribution in [-0.4, -0.2) is 11.2 Å². The molecule has 1 N–H and O–H groups in total. The van der Waals surface area contributed by atoms with Gasteiger partial charge in [0.2, 0.25) is 0 Å². The second kappa shape index (κ2) is 5.75. The summed E-state index contributed by atoms with van der Waals surface area (Å²) in [5.41, 5.74) is 1.36. The normalized spacial score (nSPS) is 46.5. The number of hydrogen-bond donors (Lipinski definition) is 1. The fourth-order valence-electron chi connectivity index (χ4n) is 5.35. The van der Waals surface area contributed by atoms with Gasteiger partial charge >= 0.3 is 0 Å². The Bertz CT molecular complexity index is 464. The van der Waals surface area contributed by atoms with Crippen molar-refractivity contribution in [3.8, 4) is 0 Å². The highest BCUT2D eigenvalue weighted by molar-refractivity contribution is 14.1. The van der Waals surface area contributed by atoms with Gasteiger partial charge in [-0.25, -0.2) is 0 Å². The van der Waals surface area contributed by atoms with E-state index in [0.29, 0.717) is 28.1 Å². The van der Waals surface area contributed by atoms with Gasteiger partial charge in [-0.3, -0.25) is 0 Å². The van der Waals surface area contributed by atoms with Gasteiger partial charge in [0, 0.05) is 5.41 Å². The molecule has 22 heavy (non-hydrogen) atoms. The zero-order valence-electron chi connectivity index (χ0n) is 14.8. The molecule has 0 aliphatic heterocycles. The van der Waals surface area contributed by atoms with E-state index < -0.39 is 0 Å². The molecule has 0 radical (unpaired) electrons. The van der Waals surface area contributed by atoms with E-state index in [1.807, 2.05) is 0 Å². The minimum Gasteiger partial charge on any atom is -0.393 e. The molecular weight excluding hydrogens is 383 g/mol. The summed E-state index contributed by atoms with van der Waals surface area (Å²) in [6, 6.07) is 0. The average Bonchev–Trinajstić information content (AvgIpc) is 2.94. The molecular formula is C20H33IO. The molecule has 0 aromatic rings. The number of rotatable bonds is 0. The molecule has 0 bridgehead atoms. The van der Waals surface area contributed by atoms with Gasteiger partial charge in [0.15, 0.2) is 0 Å². The third kappa shape index (κ3) is 3.16. The fraction of sp³-hybridized carbons (Fsp3) is 0.900. The summed E-state index contributed by atoms with van der Waals surface area (Å²) >= 11 is 2.66. The second-order valence-corrected chi connectivity index (χ2v) is 10.9. The number of allylic oxidation sites excluding steroid dienone is 2. The molecule has 0 amide bonds. The van der Waals surface area contributed by atoms with Gasteiger partial charge in [-0.05, 0) is 100 Å². The Hall–Kier alpha value is 0.430. The number of aliphatic hydroxyl groups is 1. The van der Waals surface area contributed by atoms with Crippen LogP contribution < -0.4 is 0 Å². The SMILES string of the molecule is CC1(C)CC[C@H]2/C=C(/I)C3(CCCC(O)C[C@@H]2C1)CC3(C)C. The zero-order chi connectivity index (χ0) is 16.2. The van der Waals surface area contributed by atoms with Crippen LogP contribution >= 0.6 is 22.6 Å². The third-order valence-electron chi connectivity index (χ3n) is 7.02. The Labute approximate surface area is 150 Å². The van der Waals surface area contributed by atoms with Crippen molar-refractivity contribution in [1.29, 1.82) is 0 Å². The molecule has 2 unspecified atom stereocenters. The second-order valence-electron chi connectivity index (χ2n) is 9.77. The van der Waals surface area contributed by atoms with Crippen molar-refractivity contribution in [3.05, 3.63) is 9.66 Å². The predicted octanol–water partition coefficient (Wildman–Crippen LogP) is 6.10. The molecule has 0 saturated heterocycles. The molecule has 1 spiro atoms. The van der Waals surface area contributed by atoms with Crippen LogP contribution in [0.1, 0.15) is 79.1 Å². The summed E-state index contributed by atoms with van der Waals surface area (Å²) in [7, 11) is 0. The highest BCUT2D eigenvalue weighted by Crippen LogP contribution is 2.71. The quantitative estimate of drug-likeness (QED) is 0.473. The third-order valence-corrected chi connectivity index (χ3v) is 8.41. The molecule has 0 heterocycles. The smallest absolute Gasteiger partial charge is 0.0543 e. The summed E-state index contributed by atoms with van der Waals surface area (Å²) in [6.07, 6.45) is 12.3. The molecule has 3 aliphatic rings. The molecule has 2 fully saturated rings. The van der Waals surface area contributed by atoms with Crippen LogP contribution in [0.3, 0.4) is 0 Å². The van der Waals surface area contributed by atoms with Crippen molar-refractivity contribution in [2.75, 3.05) is 0 Å². The zero-order valence-corrected chi connectivity index (χ0v) is 16.9. The Balaban J connectivity index is 1.88. The maximum Gasteiger partial charge on any atom is 0.0543 e. The fourth-order valence-corrected chi connectivity index (χ4v) is 7.00. The number of fused-ring (bicyclic) bond motifs is 1. The minimum atomic E-state index is -0.0792. The highest BCUT2D eigenvalue weighted by Gasteiger charge is 2.62. The Morgan fingerprint density at radius 2 is 1.82 bits per heavy atom.